The molecule has 10 nitrogen and oxygen atoms in total. The quantitative estimate of drug-likeness (QED) is 0.193. The summed E-state index contributed by atoms with van der Waals surface area (Å²) < 4.78 is 28.3. The first kappa shape index (κ1) is 35.8. The molecule has 9 atom stereocenters. The van der Waals surface area contributed by atoms with Crippen LogP contribution in [-0.4, -0.2) is 66.3 Å². The summed E-state index contributed by atoms with van der Waals surface area (Å²) in [5, 5.41) is 10.9. The monoisotopic (exact) mass is 572 g/mol. The standard InChI is InChI=1S/C30H52O10/c1-9-18(5)13-23(31)36-17-22-27(38-24(32)14-19(6)10-2)28(39-25(33)15-20(7)11-3)29(30(35)37-22)40-26(34)16-21(8)12-4/h18-22,27-30,35H,9-17H2,1-8H3/t18?,19?,20?,21?,22-,27-,28+,29-,30?/m1/s1. The minimum Gasteiger partial charge on any atom is -0.463 e. The van der Waals surface area contributed by atoms with Gasteiger partial charge in [-0.25, -0.2) is 0 Å². The number of aliphatic hydroxyl groups is 1. The Morgan fingerprint density at radius 2 is 0.950 bits per heavy atom. The number of ether oxygens (including phenoxy) is 5. The van der Waals surface area contributed by atoms with Crippen molar-refractivity contribution >= 4 is 23.9 Å². The van der Waals surface area contributed by atoms with Gasteiger partial charge in [0.1, 0.15) is 12.7 Å². The molecule has 0 aromatic rings. The fourth-order valence-electron chi connectivity index (χ4n) is 3.98. The van der Waals surface area contributed by atoms with E-state index in [1.807, 2.05) is 55.4 Å². The molecule has 232 valence electrons. The van der Waals surface area contributed by atoms with Crippen molar-refractivity contribution in [3.05, 3.63) is 0 Å². The van der Waals surface area contributed by atoms with Crippen LogP contribution in [0.25, 0.3) is 0 Å². The molecule has 0 radical (unpaired) electrons. The zero-order valence-corrected chi connectivity index (χ0v) is 25.7. The molecule has 1 N–H and O–H groups in total. The second-order valence-corrected chi connectivity index (χ2v) is 11.5. The van der Waals surface area contributed by atoms with Crippen LogP contribution in [-0.2, 0) is 42.9 Å². The lowest BCUT2D eigenvalue weighted by Crippen LogP contribution is -2.62. The highest BCUT2D eigenvalue weighted by Crippen LogP contribution is 2.30. The number of aliphatic hydroxyl groups excluding tert-OH is 1. The van der Waals surface area contributed by atoms with E-state index in [0.717, 1.165) is 25.7 Å². The fourth-order valence-corrected chi connectivity index (χ4v) is 3.98. The summed E-state index contributed by atoms with van der Waals surface area (Å²) in [6, 6.07) is 0. The van der Waals surface area contributed by atoms with Crippen molar-refractivity contribution < 1.29 is 48.0 Å². The Labute approximate surface area is 239 Å². The Morgan fingerprint density at radius 1 is 0.600 bits per heavy atom. The molecule has 0 aromatic heterocycles. The van der Waals surface area contributed by atoms with Gasteiger partial charge in [0.05, 0.1) is 0 Å². The van der Waals surface area contributed by atoms with Gasteiger partial charge in [-0.15, -0.1) is 0 Å². The van der Waals surface area contributed by atoms with Gasteiger partial charge in [0.15, 0.2) is 24.6 Å². The second-order valence-electron chi connectivity index (χ2n) is 11.5. The Bertz CT molecular complexity index is 799. The summed E-state index contributed by atoms with van der Waals surface area (Å²) in [6.45, 7) is 15.1. The van der Waals surface area contributed by atoms with E-state index in [1.165, 1.54) is 0 Å². The first-order valence-electron chi connectivity index (χ1n) is 14.9. The average Bonchev–Trinajstić information content (AvgIpc) is 2.90. The maximum Gasteiger partial charge on any atom is 0.306 e. The number of carbonyl (C=O) groups is 4. The Morgan fingerprint density at radius 3 is 1.35 bits per heavy atom. The van der Waals surface area contributed by atoms with Crippen molar-refractivity contribution in [1.82, 2.24) is 0 Å². The third-order valence-electron chi connectivity index (χ3n) is 7.67. The van der Waals surface area contributed by atoms with Crippen LogP contribution < -0.4 is 0 Å². The summed E-state index contributed by atoms with van der Waals surface area (Å²) in [7, 11) is 0. The molecule has 5 unspecified atom stereocenters. The van der Waals surface area contributed by atoms with Crippen LogP contribution in [0, 0.1) is 23.7 Å². The van der Waals surface area contributed by atoms with E-state index in [2.05, 4.69) is 0 Å². The zero-order chi connectivity index (χ0) is 30.4. The maximum atomic E-state index is 12.9. The lowest BCUT2D eigenvalue weighted by atomic mass is 9.97. The molecule has 40 heavy (non-hydrogen) atoms. The average molecular weight is 573 g/mol. The van der Waals surface area contributed by atoms with Gasteiger partial charge in [-0.2, -0.15) is 0 Å². The van der Waals surface area contributed by atoms with E-state index >= 15 is 0 Å². The van der Waals surface area contributed by atoms with Gasteiger partial charge in [0.25, 0.3) is 0 Å². The third-order valence-corrected chi connectivity index (χ3v) is 7.67. The van der Waals surface area contributed by atoms with Gasteiger partial charge in [-0.1, -0.05) is 81.1 Å². The van der Waals surface area contributed by atoms with E-state index in [0.29, 0.717) is 0 Å². The van der Waals surface area contributed by atoms with Crippen LogP contribution in [0.4, 0.5) is 0 Å². The molecule has 1 heterocycles. The van der Waals surface area contributed by atoms with Crippen molar-refractivity contribution in [2.75, 3.05) is 6.61 Å². The Hall–Kier alpha value is -2.20. The predicted molar refractivity (Wildman–Crippen MR) is 148 cm³/mol. The van der Waals surface area contributed by atoms with E-state index in [9.17, 15) is 24.3 Å². The van der Waals surface area contributed by atoms with Gasteiger partial charge in [-0.3, -0.25) is 19.2 Å². The van der Waals surface area contributed by atoms with Crippen molar-refractivity contribution in [2.24, 2.45) is 23.7 Å². The minimum atomic E-state index is -1.70. The lowest BCUT2D eigenvalue weighted by molar-refractivity contribution is -0.297. The van der Waals surface area contributed by atoms with Crippen molar-refractivity contribution in [2.45, 2.75) is 137 Å². The van der Waals surface area contributed by atoms with Crippen molar-refractivity contribution in [1.29, 1.82) is 0 Å². The smallest absolute Gasteiger partial charge is 0.306 e. The highest BCUT2D eigenvalue weighted by molar-refractivity contribution is 5.72. The van der Waals surface area contributed by atoms with E-state index < -0.39 is 54.6 Å². The van der Waals surface area contributed by atoms with Gasteiger partial charge in [-0.05, 0) is 23.7 Å². The van der Waals surface area contributed by atoms with Crippen LogP contribution in [0.2, 0.25) is 0 Å². The highest BCUT2D eigenvalue weighted by Gasteiger charge is 2.52. The summed E-state index contributed by atoms with van der Waals surface area (Å²) in [5.41, 5.74) is 0. The molecule has 0 spiro atoms. The van der Waals surface area contributed by atoms with Gasteiger partial charge < -0.3 is 28.8 Å². The molecule has 0 bridgehead atoms. The van der Waals surface area contributed by atoms with Gasteiger partial charge in [0.2, 0.25) is 0 Å². The molecule has 1 aliphatic rings. The zero-order valence-electron chi connectivity index (χ0n) is 25.7. The fraction of sp³-hybridized carbons (Fsp3) is 0.867. The second kappa shape index (κ2) is 18.3. The largest absolute Gasteiger partial charge is 0.463 e. The number of rotatable bonds is 17. The van der Waals surface area contributed by atoms with Gasteiger partial charge >= 0.3 is 23.9 Å². The first-order chi connectivity index (χ1) is 18.8. The topological polar surface area (TPSA) is 135 Å². The van der Waals surface area contributed by atoms with E-state index in [1.54, 1.807) is 0 Å². The number of esters is 4. The summed E-state index contributed by atoms with van der Waals surface area (Å²) in [6.07, 6.45) is -3.46. The van der Waals surface area contributed by atoms with Crippen LogP contribution >= 0.6 is 0 Å². The van der Waals surface area contributed by atoms with Crippen molar-refractivity contribution in [3.8, 4) is 0 Å². The number of hydrogen-bond acceptors (Lipinski definition) is 10. The van der Waals surface area contributed by atoms with Gasteiger partial charge in [0, 0.05) is 25.7 Å². The summed E-state index contributed by atoms with van der Waals surface area (Å²) >= 11 is 0. The van der Waals surface area contributed by atoms with Crippen LogP contribution in [0.15, 0.2) is 0 Å². The Kier molecular flexibility index (Phi) is 16.4. The molecule has 0 aliphatic carbocycles. The maximum absolute atomic E-state index is 12.9. The normalized spacial score (nSPS) is 25.7. The third kappa shape index (κ3) is 12.5. The molecular weight excluding hydrogens is 520 g/mol. The van der Waals surface area contributed by atoms with Crippen LogP contribution in [0.5, 0.6) is 0 Å². The summed E-state index contributed by atoms with van der Waals surface area (Å²) in [4.78, 5) is 50.9. The highest BCUT2D eigenvalue weighted by atomic mass is 16.7. The molecular formula is C30H52O10. The Balaban J connectivity index is 3.32. The molecule has 0 aromatic carbocycles. The van der Waals surface area contributed by atoms with E-state index in [4.69, 9.17) is 23.7 Å². The number of carbonyl (C=O) groups excluding carboxylic acids is 4. The number of hydrogen-bond donors (Lipinski definition) is 1. The minimum absolute atomic E-state index is 0.0207. The molecule has 1 rings (SSSR count). The first-order valence-corrected chi connectivity index (χ1v) is 14.9. The van der Waals surface area contributed by atoms with Crippen LogP contribution in [0.1, 0.15) is 107 Å². The lowest BCUT2D eigenvalue weighted by Gasteiger charge is -2.43. The molecule has 1 aliphatic heterocycles. The molecule has 1 fully saturated rings. The van der Waals surface area contributed by atoms with Crippen LogP contribution in [0.3, 0.4) is 0 Å². The molecule has 10 heteroatoms. The molecule has 0 saturated carbocycles. The summed E-state index contributed by atoms with van der Waals surface area (Å²) in [5.74, 6) is -2.04. The predicted octanol–water partition coefficient (Wildman–Crippen LogP) is 4.73. The molecule has 0 amide bonds. The SMILES string of the molecule is CCC(C)CC(=O)OC[C@H]1OC(O)[C@H](OC(=O)CC(C)CC)[C@@H](OC(=O)CC(C)CC)[C@@H]1OC(=O)CC(C)CC. The van der Waals surface area contributed by atoms with Crippen molar-refractivity contribution in [3.63, 3.8) is 0 Å². The van der Waals surface area contributed by atoms with E-state index in [-0.39, 0.29) is 56.0 Å². The molecule has 1 saturated heterocycles.